The fraction of sp³-hybridized carbons (Fsp3) is 0.438. The predicted octanol–water partition coefficient (Wildman–Crippen LogP) is 0.838. The van der Waals surface area contributed by atoms with Crippen molar-refractivity contribution in [3.8, 4) is 0 Å². The van der Waals surface area contributed by atoms with Crippen LogP contribution in [0.25, 0.3) is 0 Å². The third-order valence-corrected chi connectivity index (χ3v) is 5.72. The number of fused-ring (bicyclic) bond motifs is 1. The lowest BCUT2D eigenvalue weighted by Gasteiger charge is -2.37. The van der Waals surface area contributed by atoms with Gasteiger partial charge < -0.3 is 15.5 Å². The van der Waals surface area contributed by atoms with E-state index in [1.54, 1.807) is 36.0 Å². The summed E-state index contributed by atoms with van der Waals surface area (Å²) in [7, 11) is 0. The molecule has 24 heavy (non-hydrogen) atoms. The van der Waals surface area contributed by atoms with E-state index in [4.69, 9.17) is 10.6 Å². The summed E-state index contributed by atoms with van der Waals surface area (Å²) in [4.78, 5) is 42.5. The smallest absolute Gasteiger partial charge is 0.355 e. The topological polar surface area (TPSA) is 102 Å². The van der Waals surface area contributed by atoms with Gasteiger partial charge in [0.25, 0.3) is 5.91 Å². The number of benzene rings is 1. The summed E-state index contributed by atoms with van der Waals surface area (Å²) in [6.45, 7) is 3.78. The minimum absolute atomic E-state index is 0.00797. The molecule has 8 heteroatoms. The number of β-lactam (4-membered cyclic amide) rings is 1. The third-order valence-electron chi connectivity index (χ3n) is 4.22. The molecule has 0 bridgehead atoms. The van der Waals surface area contributed by atoms with E-state index in [0.717, 1.165) is 0 Å². The van der Waals surface area contributed by atoms with Gasteiger partial charge in [0.05, 0.1) is 18.2 Å². The molecule has 3 rings (SSSR count). The Morgan fingerprint density at radius 2 is 2.12 bits per heavy atom. The summed E-state index contributed by atoms with van der Waals surface area (Å²) in [5, 5.41) is 0.0184. The monoisotopic (exact) mass is 349 g/mol. The van der Waals surface area contributed by atoms with E-state index in [9.17, 15) is 14.4 Å². The zero-order valence-electron chi connectivity index (χ0n) is 13.4. The van der Waals surface area contributed by atoms with Gasteiger partial charge >= 0.3 is 5.97 Å². The van der Waals surface area contributed by atoms with Gasteiger partial charge in [0.2, 0.25) is 5.91 Å². The van der Waals surface area contributed by atoms with E-state index < -0.39 is 22.7 Å². The molecule has 2 aliphatic rings. The molecular formula is C16H19N3O4S. The molecule has 1 aromatic rings. The van der Waals surface area contributed by atoms with E-state index in [-0.39, 0.29) is 17.7 Å². The summed E-state index contributed by atoms with van der Waals surface area (Å²) in [5.41, 5.74) is 9.09. The molecule has 2 heterocycles. The molecule has 0 unspecified atom stereocenters. The zero-order chi connectivity index (χ0) is 17.5. The van der Waals surface area contributed by atoms with Crippen LogP contribution >= 0.6 is 11.8 Å². The molecule has 128 valence electrons. The number of amides is 2. The summed E-state index contributed by atoms with van der Waals surface area (Å²) >= 11 is 1.57. The Bertz CT molecular complexity index is 706. The van der Waals surface area contributed by atoms with E-state index in [1.807, 2.05) is 13.8 Å². The Hall–Kier alpha value is -2.22. The van der Waals surface area contributed by atoms with Gasteiger partial charge in [-0.25, -0.2) is 4.79 Å². The molecule has 0 aliphatic carbocycles. The van der Waals surface area contributed by atoms with Crippen molar-refractivity contribution in [1.82, 2.24) is 10.4 Å². The van der Waals surface area contributed by atoms with Gasteiger partial charge in [-0.05, 0) is 25.5 Å². The van der Waals surface area contributed by atoms with Crippen LogP contribution in [0.4, 0.5) is 5.69 Å². The Morgan fingerprint density at radius 1 is 1.42 bits per heavy atom. The molecule has 7 nitrogen and oxygen atoms in total. The second-order valence-corrected chi connectivity index (χ2v) is 8.24. The molecule has 2 aliphatic heterocycles. The number of rotatable bonds is 3. The van der Waals surface area contributed by atoms with Gasteiger partial charge in [0, 0.05) is 10.4 Å². The van der Waals surface area contributed by atoms with Gasteiger partial charge in [-0.3, -0.25) is 9.59 Å². The normalized spacial score (nSPS) is 24.1. The standard InChI is InChI=1S/C16H19N3O4S/c1-16(2)14(19-12(21)8-13(19)24-16)15(22)23-18-11(20)7-9-5-3-4-6-10(9)17/h3-6,13-14H,7-8,17H2,1-2H3,(H,18,20)/t13-,14+/m1/s1. The first-order chi connectivity index (χ1) is 11.3. The van der Waals surface area contributed by atoms with Gasteiger partial charge in [0.15, 0.2) is 0 Å². The number of thioether (sulfide) groups is 1. The molecule has 2 amide bonds. The Balaban J connectivity index is 1.58. The number of para-hydroxylation sites is 1. The first kappa shape index (κ1) is 16.6. The van der Waals surface area contributed by atoms with E-state index in [1.165, 1.54) is 4.90 Å². The van der Waals surface area contributed by atoms with Crippen LogP contribution in [0.3, 0.4) is 0 Å². The van der Waals surface area contributed by atoms with Crippen LogP contribution in [-0.2, 0) is 25.6 Å². The fourth-order valence-corrected chi connectivity index (χ4v) is 4.64. The maximum absolute atomic E-state index is 12.4. The second kappa shape index (κ2) is 6.01. The number of nitrogens with zero attached hydrogens (tertiary/aromatic N) is 1. The van der Waals surface area contributed by atoms with Crippen molar-refractivity contribution in [2.24, 2.45) is 0 Å². The van der Waals surface area contributed by atoms with Crippen molar-refractivity contribution in [3.63, 3.8) is 0 Å². The Kier molecular flexibility index (Phi) is 4.16. The van der Waals surface area contributed by atoms with Crippen molar-refractivity contribution in [3.05, 3.63) is 29.8 Å². The number of hydroxylamine groups is 1. The largest absolute Gasteiger partial charge is 0.398 e. The quantitative estimate of drug-likeness (QED) is 0.476. The van der Waals surface area contributed by atoms with E-state index in [2.05, 4.69) is 5.48 Å². The van der Waals surface area contributed by atoms with E-state index in [0.29, 0.717) is 17.7 Å². The van der Waals surface area contributed by atoms with Crippen molar-refractivity contribution in [1.29, 1.82) is 0 Å². The second-order valence-electron chi connectivity index (χ2n) is 6.41. The minimum atomic E-state index is -0.698. The Labute approximate surface area is 143 Å². The predicted molar refractivity (Wildman–Crippen MR) is 89.5 cm³/mol. The van der Waals surface area contributed by atoms with Gasteiger partial charge in [0.1, 0.15) is 6.04 Å². The van der Waals surface area contributed by atoms with E-state index >= 15 is 0 Å². The highest BCUT2D eigenvalue weighted by atomic mass is 32.2. The number of hydrogen-bond donors (Lipinski definition) is 2. The molecule has 2 fully saturated rings. The number of carbonyl (C=O) groups is 3. The summed E-state index contributed by atoms with van der Waals surface area (Å²) in [6, 6.07) is 6.28. The minimum Gasteiger partial charge on any atom is -0.398 e. The maximum atomic E-state index is 12.4. The zero-order valence-corrected chi connectivity index (χ0v) is 14.3. The number of anilines is 1. The maximum Gasteiger partial charge on any atom is 0.355 e. The molecule has 1 aromatic carbocycles. The number of carbonyl (C=O) groups excluding carboxylic acids is 3. The molecule has 0 spiro atoms. The number of nitrogens with one attached hydrogen (secondary N) is 1. The fourth-order valence-electron chi connectivity index (χ4n) is 3.02. The SMILES string of the molecule is CC1(C)S[C@@H]2CC(=O)N2[C@H]1C(=O)ONC(=O)Cc1ccccc1N. The van der Waals surface area contributed by atoms with Crippen molar-refractivity contribution < 1.29 is 19.2 Å². The molecule has 3 N–H and O–H groups in total. The van der Waals surface area contributed by atoms with Crippen LogP contribution in [-0.4, -0.2) is 38.8 Å². The van der Waals surface area contributed by atoms with Crippen molar-refractivity contribution in [2.45, 2.75) is 42.9 Å². The van der Waals surface area contributed by atoms with Crippen LogP contribution in [0.5, 0.6) is 0 Å². The highest BCUT2D eigenvalue weighted by Crippen LogP contribution is 2.50. The lowest BCUT2D eigenvalue weighted by Crippen LogP contribution is -2.58. The van der Waals surface area contributed by atoms with Crippen LogP contribution in [0.1, 0.15) is 25.8 Å². The van der Waals surface area contributed by atoms with Gasteiger partial charge in [-0.2, -0.15) is 5.48 Å². The van der Waals surface area contributed by atoms with Crippen molar-refractivity contribution in [2.75, 3.05) is 5.73 Å². The highest BCUT2D eigenvalue weighted by Gasteiger charge is 2.59. The molecule has 0 saturated carbocycles. The Morgan fingerprint density at radius 3 is 2.79 bits per heavy atom. The highest BCUT2D eigenvalue weighted by molar-refractivity contribution is 8.01. The first-order valence-electron chi connectivity index (χ1n) is 7.61. The molecule has 2 saturated heterocycles. The average Bonchev–Trinajstić information content (AvgIpc) is 2.73. The molecule has 2 atom stereocenters. The van der Waals surface area contributed by atoms with Crippen molar-refractivity contribution >= 4 is 35.2 Å². The first-order valence-corrected chi connectivity index (χ1v) is 8.49. The summed E-state index contributed by atoms with van der Waals surface area (Å²) in [5.74, 6) is -1.17. The third kappa shape index (κ3) is 2.93. The summed E-state index contributed by atoms with van der Waals surface area (Å²) < 4.78 is -0.456. The van der Waals surface area contributed by atoms with Crippen LogP contribution < -0.4 is 11.2 Å². The van der Waals surface area contributed by atoms with Crippen LogP contribution in [0.15, 0.2) is 24.3 Å². The number of hydrogen-bond acceptors (Lipinski definition) is 6. The lowest BCUT2D eigenvalue weighted by molar-refractivity contribution is -0.169. The molecule has 0 aromatic heterocycles. The average molecular weight is 349 g/mol. The number of nitrogen functional groups attached to an aromatic ring is 1. The summed E-state index contributed by atoms with van der Waals surface area (Å²) in [6.07, 6.45) is 0.450. The van der Waals surface area contributed by atoms with Gasteiger partial charge in [-0.1, -0.05) is 18.2 Å². The van der Waals surface area contributed by atoms with Crippen LogP contribution in [0, 0.1) is 0 Å². The lowest BCUT2D eigenvalue weighted by atomic mass is 9.98. The molecular weight excluding hydrogens is 330 g/mol. The number of nitrogens with two attached hydrogens (primary N) is 1. The van der Waals surface area contributed by atoms with Crippen LogP contribution in [0.2, 0.25) is 0 Å². The van der Waals surface area contributed by atoms with Gasteiger partial charge in [-0.15, -0.1) is 11.8 Å². The molecule has 0 radical (unpaired) electrons.